The molecule has 1 saturated heterocycles. The molecule has 0 aliphatic carbocycles. The van der Waals surface area contributed by atoms with Gasteiger partial charge in [0.05, 0.1) is 17.4 Å². The summed E-state index contributed by atoms with van der Waals surface area (Å²) >= 11 is 6.09. The van der Waals surface area contributed by atoms with Crippen LogP contribution in [-0.4, -0.2) is 61.7 Å². The lowest BCUT2D eigenvalue weighted by atomic mass is 9.86. The molecule has 4 aromatic rings. The summed E-state index contributed by atoms with van der Waals surface area (Å²) in [5, 5.41) is 0.658. The van der Waals surface area contributed by atoms with E-state index < -0.39 is 5.54 Å². The number of nitrogens with zero attached hydrogens (tertiary/aromatic N) is 4. The minimum absolute atomic E-state index is 0.122. The van der Waals surface area contributed by atoms with Gasteiger partial charge in [0.15, 0.2) is 11.3 Å². The van der Waals surface area contributed by atoms with Crippen molar-refractivity contribution in [2.24, 2.45) is 0 Å². The molecule has 38 heavy (non-hydrogen) atoms. The van der Waals surface area contributed by atoms with Gasteiger partial charge in [0.2, 0.25) is 0 Å². The number of aromatic amines is 1. The predicted octanol–water partition coefficient (Wildman–Crippen LogP) is 5.85. The van der Waals surface area contributed by atoms with E-state index in [1.54, 1.807) is 22.1 Å². The summed E-state index contributed by atoms with van der Waals surface area (Å²) in [6.45, 7) is 13.3. The number of aromatic nitrogens is 3. The lowest BCUT2D eigenvalue weighted by Crippen LogP contribution is -2.62. The summed E-state index contributed by atoms with van der Waals surface area (Å²) < 4.78 is 6.22. The monoisotopic (exact) mass is 533 g/mol. The Hall–Kier alpha value is -3.65. The first-order valence-electron chi connectivity index (χ1n) is 12.7. The number of piperazine rings is 1. The summed E-state index contributed by atoms with van der Waals surface area (Å²) in [5.41, 5.74) is 3.55. The van der Waals surface area contributed by atoms with Gasteiger partial charge in [0.25, 0.3) is 11.8 Å². The van der Waals surface area contributed by atoms with Crippen LogP contribution < -0.4 is 0 Å². The zero-order valence-corrected chi connectivity index (χ0v) is 23.3. The molecule has 2 amide bonds. The standard InChI is InChI=1S/C29H32ClN5O3/c1-17-31-15-23(32-17)26(36)34-11-12-35(29(5,6)16-34)27(37)24-14-22-25(38-24)20(28(2,3)4)13-21(33-22)18-7-9-19(30)10-8-18/h7-10,13-15H,11-12,16H2,1-6H3,(H,31,32). The molecule has 8 nitrogen and oxygen atoms in total. The summed E-state index contributed by atoms with van der Waals surface area (Å²) in [5.74, 6) is 0.589. The van der Waals surface area contributed by atoms with Gasteiger partial charge >= 0.3 is 0 Å². The van der Waals surface area contributed by atoms with Gasteiger partial charge in [0.1, 0.15) is 17.0 Å². The van der Waals surface area contributed by atoms with Gasteiger partial charge in [0, 0.05) is 41.9 Å². The van der Waals surface area contributed by atoms with E-state index in [1.165, 1.54) is 0 Å². The maximum Gasteiger partial charge on any atom is 0.290 e. The Morgan fingerprint density at radius 1 is 1.08 bits per heavy atom. The molecule has 0 radical (unpaired) electrons. The van der Waals surface area contributed by atoms with E-state index in [-0.39, 0.29) is 23.0 Å². The van der Waals surface area contributed by atoms with Crippen molar-refractivity contribution in [3.8, 4) is 11.3 Å². The molecule has 1 aliphatic heterocycles. The molecule has 0 unspecified atom stereocenters. The van der Waals surface area contributed by atoms with Gasteiger partial charge < -0.3 is 19.2 Å². The number of furan rings is 1. The first kappa shape index (κ1) is 26.0. The van der Waals surface area contributed by atoms with Crippen molar-refractivity contribution in [3.63, 3.8) is 0 Å². The predicted molar refractivity (Wildman–Crippen MR) is 147 cm³/mol. The van der Waals surface area contributed by atoms with E-state index in [4.69, 9.17) is 21.0 Å². The van der Waals surface area contributed by atoms with Crippen molar-refractivity contribution in [1.82, 2.24) is 24.8 Å². The van der Waals surface area contributed by atoms with Gasteiger partial charge in [-0.3, -0.25) is 9.59 Å². The first-order chi connectivity index (χ1) is 17.8. The highest BCUT2D eigenvalue weighted by molar-refractivity contribution is 6.30. The Bertz CT molecular complexity index is 1530. The second-order valence-electron chi connectivity index (χ2n) is 11.5. The van der Waals surface area contributed by atoms with Gasteiger partial charge in [-0.1, -0.05) is 44.5 Å². The third-order valence-electron chi connectivity index (χ3n) is 7.01. The highest BCUT2D eigenvalue weighted by atomic mass is 35.5. The number of rotatable bonds is 3. The molecule has 4 heterocycles. The number of amides is 2. The number of pyridine rings is 1. The van der Waals surface area contributed by atoms with Gasteiger partial charge in [-0.05, 0) is 44.4 Å². The molecular weight excluding hydrogens is 502 g/mol. The second-order valence-corrected chi connectivity index (χ2v) is 12.0. The van der Waals surface area contributed by atoms with Crippen molar-refractivity contribution >= 4 is 34.5 Å². The van der Waals surface area contributed by atoms with Gasteiger partial charge in [-0.25, -0.2) is 9.97 Å². The van der Waals surface area contributed by atoms with Crippen molar-refractivity contribution in [1.29, 1.82) is 0 Å². The number of carbonyl (C=O) groups is 2. The number of fused-ring (bicyclic) bond motifs is 1. The van der Waals surface area contributed by atoms with Crippen LogP contribution in [0.1, 0.15) is 67.0 Å². The smallest absolute Gasteiger partial charge is 0.290 e. The van der Waals surface area contributed by atoms with E-state index in [2.05, 4.69) is 30.7 Å². The van der Waals surface area contributed by atoms with Crippen molar-refractivity contribution in [2.75, 3.05) is 19.6 Å². The van der Waals surface area contributed by atoms with Crippen LogP contribution in [0.25, 0.3) is 22.4 Å². The normalized spacial score (nSPS) is 15.8. The van der Waals surface area contributed by atoms with Crippen molar-refractivity contribution < 1.29 is 14.0 Å². The Labute approximate surface area is 227 Å². The molecule has 1 aliphatic rings. The SMILES string of the molecule is Cc1ncc(C(=O)N2CCN(C(=O)c3cc4nc(-c5ccc(Cl)cc5)cc(C(C)(C)C)c4o3)C(C)(C)C2)[nH]1. The number of hydrogen-bond acceptors (Lipinski definition) is 5. The topological polar surface area (TPSA) is 95.3 Å². The third-order valence-corrected chi connectivity index (χ3v) is 7.26. The summed E-state index contributed by atoms with van der Waals surface area (Å²) in [6.07, 6.45) is 1.55. The summed E-state index contributed by atoms with van der Waals surface area (Å²) in [7, 11) is 0. The first-order valence-corrected chi connectivity index (χ1v) is 13.1. The Balaban J connectivity index is 1.46. The zero-order chi connectivity index (χ0) is 27.4. The van der Waals surface area contributed by atoms with E-state index >= 15 is 0 Å². The Kier molecular flexibility index (Phi) is 6.34. The van der Waals surface area contributed by atoms with Crippen LogP contribution in [0.4, 0.5) is 0 Å². The molecule has 1 N–H and O–H groups in total. The molecule has 3 aromatic heterocycles. The number of H-pyrrole nitrogens is 1. The molecule has 198 valence electrons. The van der Waals surface area contributed by atoms with Crippen LogP contribution in [-0.2, 0) is 5.41 Å². The number of imidazole rings is 1. The van der Waals surface area contributed by atoms with Crippen LogP contribution in [0.5, 0.6) is 0 Å². The van der Waals surface area contributed by atoms with Crippen molar-refractivity contribution in [2.45, 2.75) is 52.5 Å². The van der Waals surface area contributed by atoms with Crippen LogP contribution in [0, 0.1) is 6.92 Å². The average Bonchev–Trinajstić information content (AvgIpc) is 3.48. The highest BCUT2D eigenvalue weighted by Gasteiger charge is 2.40. The summed E-state index contributed by atoms with van der Waals surface area (Å²) in [6, 6.07) is 11.3. The van der Waals surface area contributed by atoms with Gasteiger partial charge in [-0.2, -0.15) is 0 Å². The lowest BCUT2D eigenvalue weighted by molar-refractivity contribution is 0.0148. The molecule has 0 saturated carbocycles. The molecule has 0 bridgehead atoms. The second kappa shape index (κ2) is 9.27. The number of aryl methyl sites for hydroxylation is 1. The fourth-order valence-electron chi connectivity index (χ4n) is 4.99. The molecule has 1 fully saturated rings. The molecule has 0 spiro atoms. The molecule has 9 heteroatoms. The number of nitrogens with one attached hydrogen (secondary N) is 1. The van der Waals surface area contributed by atoms with Crippen LogP contribution in [0.2, 0.25) is 5.02 Å². The van der Waals surface area contributed by atoms with Crippen molar-refractivity contribution in [3.05, 3.63) is 70.5 Å². The Morgan fingerprint density at radius 3 is 2.39 bits per heavy atom. The molecule has 5 rings (SSSR count). The molecule has 1 aromatic carbocycles. The maximum atomic E-state index is 13.8. The number of benzene rings is 1. The van der Waals surface area contributed by atoms with Crippen LogP contribution in [0.3, 0.4) is 0 Å². The zero-order valence-electron chi connectivity index (χ0n) is 22.6. The minimum Gasteiger partial charge on any atom is -0.449 e. The third kappa shape index (κ3) is 4.80. The molecule has 0 atom stereocenters. The maximum absolute atomic E-state index is 13.8. The number of hydrogen-bond donors (Lipinski definition) is 1. The quantitative estimate of drug-likeness (QED) is 0.356. The summed E-state index contributed by atoms with van der Waals surface area (Å²) in [4.78, 5) is 42.2. The molecular formula is C29H32ClN5O3. The average molecular weight is 534 g/mol. The van der Waals surface area contributed by atoms with Crippen LogP contribution in [0.15, 0.2) is 47.0 Å². The fraction of sp³-hybridized carbons (Fsp3) is 0.379. The lowest BCUT2D eigenvalue weighted by Gasteiger charge is -2.46. The number of carbonyl (C=O) groups excluding carboxylic acids is 2. The minimum atomic E-state index is -0.603. The number of halogens is 1. The largest absolute Gasteiger partial charge is 0.449 e. The van der Waals surface area contributed by atoms with E-state index in [9.17, 15) is 9.59 Å². The van der Waals surface area contributed by atoms with Crippen LogP contribution >= 0.6 is 11.6 Å². The fourth-order valence-corrected chi connectivity index (χ4v) is 5.12. The Morgan fingerprint density at radius 2 is 1.79 bits per heavy atom. The highest BCUT2D eigenvalue weighted by Crippen LogP contribution is 2.36. The van der Waals surface area contributed by atoms with E-state index in [0.29, 0.717) is 47.3 Å². The van der Waals surface area contributed by atoms with E-state index in [1.807, 2.05) is 51.1 Å². The van der Waals surface area contributed by atoms with E-state index in [0.717, 1.165) is 16.8 Å². The van der Waals surface area contributed by atoms with Gasteiger partial charge in [-0.15, -0.1) is 0 Å².